The van der Waals surface area contributed by atoms with Gasteiger partial charge in [-0.25, -0.2) is 24.1 Å². The minimum atomic E-state index is -0.572. The molecule has 142 valence electrons. The molecule has 2 aromatic heterocycles. The molecule has 0 saturated heterocycles. The van der Waals surface area contributed by atoms with Crippen LogP contribution in [0.2, 0.25) is 0 Å². The number of aromatic amines is 1. The van der Waals surface area contributed by atoms with Crippen molar-refractivity contribution < 1.29 is 13.9 Å². The van der Waals surface area contributed by atoms with Crippen LogP contribution >= 0.6 is 0 Å². The smallest absolute Gasteiger partial charge is 0.411 e. The molecule has 0 radical (unpaired) electrons. The summed E-state index contributed by atoms with van der Waals surface area (Å²) in [6, 6.07) is 6.55. The normalized spacial score (nSPS) is 11.0. The Morgan fingerprint density at radius 3 is 2.93 bits per heavy atom. The molecule has 4 aromatic rings. The maximum Gasteiger partial charge on any atom is 0.411 e. The highest BCUT2D eigenvalue weighted by atomic mass is 19.1. The lowest BCUT2D eigenvalue weighted by Crippen LogP contribution is -2.13. The van der Waals surface area contributed by atoms with E-state index in [-0.39, 0.29) is 12.4 Å². The minimum Gasteiger partial charge on any atom is -0.450 e. The second kappa shape index (κ2) is 7.10. The molecule has 0 aliphatic heterocycles. The van der Waals surface area contributed by atoms with E-state index in [0.29, 0.717) is 39.4 Å². The summed E-state index contributed by atoms with van der Waals surface area (Å²) < 4.78 is 18.8. The summed E-state index contributed by atoms with van der Waals surface area (Å²) >= 11 is 0. The summed E-state index contributed by atoms with van der Waals surface area (Å²) in [6.07, 6.45) is 2.59. The van der Waals surface area contributed by atoms with Crippen molar-refractivity contribution in [3.63, 3.8) is 0 Å². The fraction of sp³-hybridized carbons (Fsp3) is 0.158. The molecule has 4 rings (SSSR count). The molecule has 0 atom stereocenters. The number of amides is 1. The van der Waals surface area contributed by atoms with Crippen molar-refractivity contribution in [1.29, 1.82) is 0 Å². The zero-order valence-corrected chi connectivity index (χ0v) is 15.2. The first-order valence-electron chi connectivity index (χ1n) is 8.65. The summed E-state index contributed by atoms with van der Waals surface area (Å²) in [7, 11) is 0. The van der Waals surface area contributed by atoms with Gasteiger partial charge in [0.25, 0.3) is 0 Å². The molecular weight excluding hydrogens is 363 g/mol. The van der Waals surface area contributed by atoms with Crippen LogP contribution in [-0.2, 0) is 4.74 Å². The molecule has 3 N–H and O–H groups in total. The van der Waals surface area contributed by atoms with Crippen LogP contribution in [0, 0.1) is 12.7 Å². The first kappa shape index (κ1) is 17.7. The van der Waals surface area contributed by atoms with Crippen molar-refractivity contribution in [3.8, 4) is 0 Å². The van der Waals surface area contributed by atoms with E-state index in [9.17, 15) is 9.18 Å². The molecule has 0 bridgehead atoms. The Morgan fingerprint density at radius 1 is 1.25 bits per heavy atom. The van der Waals surface area contributed by atoms with Gasteiger partial charge >= 0.3 is 6.09 Å². The van der Waals surface area contributed by atoms with Crippen LogP contribution in [0.25, 0.3) is 21.9 Å². The fourth-order valence-corrected chi connectivity index (χ4v) is 2.90. The molecule has 2 heterocycles. The second-order valence-electron chi connectivity index (χ2n) is 6.10. The van der Waals surface area contributed by atoms with Gasteiger partial charge in [0.15, 0.2) is 0 Å². The molecule has 8 nitrogen and oxygen atoms in total. The summed E-state index contributed by atoms with van der Waals surface area (Å²) in [5.41, 5.74) is 3.39. The number of aryl methyl sites for hydroxylation is 1. The molecular formula is C19H17FN6O2. The van der Waals surface area contributed by atoms with E-state index in [1.165, 1.54) is 12.4 Å². The Bertz CT molecular complexity index is 1190. The molecule has 28 heavy (non-hydrogen) atoms. The lowest BCUT2D eigenvalue weighted by atomic mass is 10.1. The second-order valence-corrected chi connectivity index (χ2v) is 6.10. The molecule has 0 unspecified atom stereocenters. The van der Waals surface area contributed by atoms with E-state index in [1.54, 1.807) is 32.2 Å². The monoisotopic (exact) mass is 380 g/mol. The van der Waals surface area contributed by atoms with Crippen LogP contribution in [0.1, 0.15) is 12.5 Å². The van der Waals surface area contributed by atoms with Crippen molar-refractivity contribution in [1.82, 2.24) is 19.9 Å². The predicted molar refractivity (Wildman–Crippen MR) is 104 cm³/mol. The number of imidazole rings is 1. The number of hydrogen-bond donors (Lipinski definition) is 3. The van der Waals surface area contributed by atoms with Gasteiger partial charge in [0.2, 0.25) is 5.95 Å². The molecule has 0 fully saturated rings. The number of nitrogens with zero attached hydrogens (tertiary/aromatic N) is 3. The quantitative estimate of drug-likeness (QED) is 0.488. The first-order valence-corrected chi connectivity index (χ1v) is 8.65. The number of anilines is 3. The molecule has 1 amide bonds. The Kier molecular flexibility index (Phi) is 4.48. The molecule has 0 saturated carbocycles. The van der Waals surface area contributed by atoms with Crippen LogP contribution < -0.4 is 10.6 Å². The number of rotatable bonds is 4. The van der Waals surface area contributed by atoms with E-state index in [4.69, 9.17) is 4.74 Å². The third-order valence-corrected chi connectivity index (χ3v) is 4.23. The molecule has 0 aliphatic rings. The SMILES string of the molecule is CCOC(=O)Nc1cc(Nc2ncc3ccc(F)c(C)c3n2)cc2[nH]cnc12. The third kappa shape index (κ3) is 3.29. The van der Waals surface area contributed by atoms with Crippen LogP contribution in [0.4, 0.5) is 26.5 Å². The Labute approximate surface area is 159 Å². The van der Waals surface area contributed by atoms with Gasteiger partial charge in [-0.15, -0.1) is 0 Å². The number of fused-ring (bicyclic) bond motifs is 2. The van der Waals surface area contributed by atoms with Crippen molar-refractivity contribution in [2.45, 2.75) is 13.8 Å². The molecule has 0 aliphatic carbocycles. The maximum absolute atomic E-state index is 13.8. The van der Waals surface area contributed by atoms with Crippen LogP contribution in [0.5, 0.6) is 0 Å². The lowest BCUT2D eigenvalue weighted by Gasteiger charge is -2.11. The van der Waals surface area contributed by atoms with Crippen molar-refractivity contribution in [2.75, 3.05) is 17.2 Å². The fourth-order valence-electron chi connectivity index (χ4n) is 2.90. The summed E-state index contributed by atoms with van der Waals surface area (Å²) in [4.78, 5) is 27.7. The average molecular weight is 380 g/mol. The molecule has 2 aromatic carbocycles. The van der Waals surface area contributed by atoms with Gasteiger partial charge in [-0.3, -0.25) is 5.32 Å². The number of nitrogens with one attached hydrogen (secondary N) is 3. The Hall–Kier alpha value is -3.75. The topological polar surface area (TPSA) is 105 Å². The average Bonchev–Trinajstić information content (AvgIpc) is 3.14. The van der Waals surface area contributed by atoms with Gasteiger partial charge in [-0.05, 0) is 38.1 Å². The number of carbonyl (C=O) groups excluding carboxylic acids is 1. The van der Waals surface area contributed by atoms with Crippen LogP contribution in [-0.4, -0.2) is 32.6 Å². The summed E-state index contributed by atoms with van der Waals surface area (Å²) in [5.74, 6) is -0.0147. The van der Waals surface area contributed by atoms with E-state index in [0.717, 1.165) is 5.39 Å². The highest BCUT2D eigenvalue weighted by Gasteiger charge is 2.12. The number of benzene rings is 2. The maximum atomic E-state index is 13.8. The van der Waals surface area contributed by atoms with E-state index < -0.39 is 6.09 Å². The number of carbonyl (C=O) groups is 1. The van der Waals surface area contributed by atoms with Gasteiger partial charge in [0, 0.05) is 22.8 Å². The zero-order valence-electron chi connectivity index (χ0n) is 15.2. The van der Waals surface area contributed by atoms with E-state index in [2.05, 4.69) is 30.6 Å². The first-order chi connectivity index (χ1) is 13.5. The molecule has 9 heteroatoms. The number of hydrogen-bond acceptors (Lipinski definition) is 6. The largest absolute Gasteiger partial charge is 0.450 e. The lowest BCUT2D eigenvalue weighted by molar-refractivity contribution is 0.168. The number of ether oxygens (including phenoxy) is 1. The highest BCUT2D eigenvalue weighted by Crippen LogP contribution is 2.28. The van der Waals surface area contributed by atoms with E-state index in [1.807, 2.05) is 6.07 Å². The highest BCUT2D eigenvalue weighted by molar-refractivity contribution is 5.99. The Morgan fingerprint density at radius 2 is 2.11 bits per heavy atom. The van der Waals surface area contributed by atoms with Gasteiger partial charge in [0.05, 0.1) is 29.7 Å². The standard InChI is InChI=1S/C19H17FN6O2/c1-3-28-19(27)25-15-7-12(6-14-17(15)23-9-22-14)24-18-21-8-11-4-5-13(20)10(2)16(11)26-18/h4-9H,3H2,1-2H3,(H,22,23)(H,25,27)(H,21,24,26). The van der Waals surface area contributed by atoms with Crippen LogP contribution in [0.15, 0.2) is 36.8 Å². The summed E-state index contributed by atoms with van der Waals surface area (Å²) in [5, 5.41) is 6.50. The molecule has 0 spiro atoms. The van der Waals surface area contributed by atoms with E-state index >= 15 is 0 Å². The minimum absolute atomic E-state index is 0.258. The van der Waals surface area contributed by atoms with Crippen molar-refractivity contribution >= 4 is 45.4 Å². The van der Waals surface area contributed by atoms with Crippen molar-refractivity contribution in [3.05, 3.63) is 48.2 Å². The number of aromatic nitrogens is 4. The third-order valence-electron chi connectivity index (χ3n) is 4.23. The number of halogens is 1. The zero-order chi connectivity index (χ0) is 19.7. The predicted octanol–water partition coefficient (Wildman–Crippen LogP) is 4.27. The van der Waals surface area contributed by atoms with Gasteiger partial charge in [-0.2, -0.15) is 0 Å². The summed E-state index contributed by atoms with van der Waals surface area (Å²) in [6.45, 7) is 3.66. The van der Waals surface area contributed by atoms with Crippen molar-refractivity contribution in [2.24, 2.45) is 0 Å². The van der Waals surface area contributed by atoms with Gasteiger partial charge in [-0.1, -0.05) is 0 Å². The van der Waals surface area contributed by atoms with Gasteiger partial charge in [0.1, 0.15) is 11.3 Å². The number of H-pyrrole nitrogens is 1. The Balaban J connectivity index is 1.70. The van der Waals surface area contributed by atoms with Crippen LogP contribution in [0.3, 0.4) is 0 Å². The van der Waals surface area contributed by atoms with Gasteiger partial charge < -0.3 is 15.0 Å².